The number of anilines is 1. The summed E-state index contributed by atoms with van der Waals surface area (Å²) in [5.41, 5.74) is 0.243. The van der Waals surface area contributed by atoms with Crippen molar-refractivity contribution >= 4 is 17.6 Å². The lowest BCUT2D eigenvalue weighted by atomic mass is 9.91. The van der Waals surface area contributed by atoms with Crippen LogP contribution in [0, 0.1) is 11.8 Å². The summed E-state index contributed by atoms with van der Waals surface area (Å²) in [5, 5.41) is 6.77. The van der Waals surface area contributed by atoms with Gasteiger partial charge in [0.1, 0.15) is 17.2 Å². The molecule has 1 aromatic heterocycles. The van der Waals surface area contributed by atoms with Gasteiger partial charge in [-0.05, 0) is 25.2 Å². The van der Waals surface area contributed by atoms with E-state index in [9.17, 15) is 9.59 Å². The van der Waals surface area contributed by atoms with Crippen LogP contribution in [0.2, 0.25) is 0 Å². The van der Waals surface area contributed by atoms with E-state index in [1.54, 1.807) is 13.3 Å². The van der Waals surface area contributed by atoms with Gasteiger partial charge >= 0.3 is 0 Å². The Morgan fingerprint density at radius 1 is 1.29 bits per heavy atom. The molecule has 2 aliphatic heterocycles. The molecule has 2 aliphatic rings. The van der Waals surface area contributed by atoms with Crippen molar-refractivity contribution in [3.8, 4) is 0 Å². The number of methoxy groups -OCH3 is 1. The number of likely N-dealkylation sites (tertiary alicyclic amines) is 1. The van der Waals surface area contributed by atoms with Crippen LogP contribution in [0.4, 0.5) is 5.82 Å². The molecule has 196 valence electrons. The maximum Gasteiger partial charge on any atom is 0.259 e. The highest BCUT2D eigenvalue weighted by atomic mass is 16.5. The summed E-state index contributed by atoms with van der Waals surface area (Å²) >= 11 is 0. The molecule has 2 saturated heterocycles. The summed E-state index contributed by atoms with van der Waals surface area (Å²) in [7, 11) is 1.68. The van der Waals surface area contributed by atoms with Gasteiger partial charge in [0, 0.05) is 70.6 Å². The highest BCUT2D eigenvalue weighted by molar-refractivity contribution is 5.98. The number of carbonyl (C=O) groups excluding carboxylic acids is 2. The van der Waals surface area contributed by atoms with Gasteiger partial charge in [0.05, 0.1) is 5.92 Å². The number of nitrogens with one attached hydrogen (secondary N) is 2. The molecule has 3 heterocycles. The minimum atomic E-state index is -0.236. The quantitative estimate of drug-likeness (QED) is 0.488. The Hall–Kier alpha value is -2.26. The lowest BCUT2D eigenvalue weighted by Gasteiger charge is -2.41. The second-order valence-electron chi connectivity index (χ2n) is 11.3. The lowest BCUT2D eigenvalue weighted by Crippen LogP contribution is -2.56. The highest BCUT2D eigenvalue weighted by Crippen LogP contribution is 2.26. The molecule has 2 fully saturated rings. The van der Waals surface area contributed by atoms with Crippen LogP contribution in [0.3, 0.4) is 0 Å². The molecule has 0 saturated carbocycles. The molecule has 0 spiro atoms. The Morgan fingerprint density at radius 3 is 2.63 bits per heavy atom. The second-order valence-corrected chi connectivity index (χ2v) is 11.3. The summed E-state index contributed by atoms with van der Waals surface area (Å²) in [5.74, 6) is 1.58. The highest BCUT2D eigenvalue weighted by Gasteiger charge is 2.37. The van der Waals surface area contributed by atoms with Gasteiger partial charge in [-0.3, -0.25) is 9.59 Å². The molecule has 2 N–H and O–H groups in total. The number of aromatic nitrogens is 2. The molecule has 0 radical (unpaired) electrons. The first kappa shape index (κ1) is 27.3. The van der Waals surface area contributed by atoms with Crippen LogP contribution in [0.25, 0.3) is 0 Å². The van der Waals surface area contributed by atoms with Crippen molar-refractivity contribution in [1.29, 1.82) is 0 Å². The number of hydrogen-bond acceptors (Lipinski definition) is 7. The first-order valence-electron chi connectivity index (χ1n) is 13.0. The first-order chi connectivity index (χ1) is 16.6. The van der Waals surface area contributed by atoms with Crippen molar-refractivity contribution < 1.29 is 14.3 Å². The summed E-state index contributed by atoms with van der Waals surface area (Å²) in [6, 6.07) is -0.0579. The van der Waals surface area contributed by atoms with Crippen LogP contribution in [0.15, 0.2) is 6.20 Å². The van der Waals surface area contributed by atoms with E-state index in [1.807, 2.05) is 9.80 Å². The van der Waals surface area contributed by atoms with Crippen LogP contribution >= 0.6 is 0 Å². The fourth-order valence-electron chi connectivity index (χ4n) is 4.54. The minimum Gasteiger partial charge on any atom is -0.385 e. The zero-order valence-corrected chi connectivity index (χ0v) is 22.4. The fraction of sp³-hybridized carbons (Fsp3) is 0.769. The first-order valence-corrected chi connectivity index (χ1v) is 13.0. The molecule has 0 aromatic carbocycles. The Bertz CT molecular complexity index is 865. The zero-order valence-electron chi connectivity index (χ0n) is 22.4. The van der Waals surface area contributed by atoms with Crippen LogP contribution in [0.1, 0.15) is 70.1 Å². The van der Waals surface area contributed by atoms with Crippen molar-refractivity contribution in [2.24, 2.45) is 11.8 Å². The van der Waals surface area contributed by atoms with Gasteiger partial charge in [0.25, 0.3) is 5.91 Å². The third kappa shape index (κ3) is 7.13. The molecule has 9 heteroatoms. The summed E-state index contributed by atoms with van der Waals surface area (Å²) in [4.78, 5) is 40.1. The van der Waals surface area contributed by atoms with Crippen LogP contribution in [0.5, 0.6) is 0 Å². The molecular formula is C26H44N6O3. The molecule has 2 amide bonds. The molecule has 0 bridgehead atoms. The maximum atomic E-state index is 14.0. The van der Waals surface area contributed by atoms with E-state index in [0.717, 1.165) is 25.9 Å². The number of ether oxygens (including phenoxy) is 1. The number of hydrogen-bond donors (Lipinski definition) is 2. The number of carbonyl (C=O) groups is 2. The number of nitrogens with zero attached hydrogens (tertiary/aromatic N) is 4. The minimum absolute atomic E-state index is 0.0579. The number of rotatable bonds is 10. The van der Waals surface area contributed by atoms with Gasteiger partial charge in [-0.1, -0.05) is 34.6 Å². The Labute approximate surface area is 210 Å². The standard InChI is InChI=1S/C26H44N6O3/c1-18(2)17-32(20-13-19(14-27-15-20)23(33)31-10-8-11-31)24(34)21-16-29-25(26(3,4)5)30-22(21)28-9-7-12-35-6/h16,18-20,27H,7-15,17H2,1-6H3,(H,28,29,30)/t19-,20+/m1/s1. The largest absolute Gasteiger partial charge is 0.385 e. The Kier molecular flexibility index (Phi) is 9.47. The third-order valence-corrected chi connectivity index (χ3v) is 6.62. The summed E-state index contributed by atoms with van der Waals surface area (Å²) in [6.07, 6.45) is 4.23. The van der Waals surface area contributed by atoms with E-state index in [2.05, 4.69) is 50.2 Å². The van der Waals surface area contributed by atoms with Crippen LogP contribution in [-0.4, -0.2) is 90.6 Å². The molecule has 9 nitrogen and oxygen atoms in total. The molecule has 35 heavy (non-hydrogen) atoms. The van der Waals surface area contributed by atoms with E-state index in [4.69, 9.17) is 9.72 Å². The van der Waals surface area contributed by atoms with E-state index in [0.29, 0.717) is 62.3 Å². The number of amides is 2. The summed E-state index contributed by atoms with van der Waals surface area (Å²) < 4.78 is 5.17. The van der Waals surface area contributed by atoms with Crippen molar-refractivity contribution in [2.75, 3.05) is 58.3 Å². The Balaban J connectivity index is 1.85. The van der Waals surface area contributed by atoms with Gasteiger partial charge in [0.15, 0.2) is 0 Å². The van der Waals surface area contributed by atoms with Crippen LogP contribution < -0.4 is 10.6 Å². The third-order valence-electron chi connectivity index (χ3n) is 6.62. The SMILES string of the molecule is COCCCNc1nc(C(C)(C)C)ncc1C(=O)N(CC(C)C)[C@@H]1CNC[C@H](C(=O)N2CCC2)C1. The fourth-order valence-corrected chi connectivity index (χ4v) is 4.54. The van der Waals surface area contributed by atoms with Gasteiger partial charge in [-0.15, -0.1) is 0 Å². The molecule has 0 unspecified atom stereocenters. The smallest absolute Gasteiger partial charge is 0.259 e. The van der Waals surface area contributed by atoms with E-state index in [-0.39, 0.29) is 29.2 Å². The predicted molar refractivity (Wildman–Crippen MR) is 138 cm³/mol. The van der Waals surface area contributed by atoms with E-state index >= 15 is 0 Å². The predicted octanol–water partition coefficient (Wildman–Crippen LogP) is 2.53. The van der Waals surface area contributed by atoms with Gasteiger partial charge in [0.2, 0.25) is 5.91 Å². The molecule has 0 aliphatic carbocycles. The van der Waals surface area contributed by atoms with Gasteiger partial charge in [-0.25, -0.2) is 9.97 Å². The van der Waals surface area contributed by atoms with Gasteiger partial charge in [-0.2, -0.15) is 0 Å². The normalized spacial score (nSPS) is 20.5. The van der Waals surface area contributed by atoms with E-state index < -0.39 is 0 Å². The van der Waals surface area contributed by atoms with Crippen molar-refractivity contribution in [3.63, 3.8) is 0 Å². The lowest BCUT2D eigenvalue weighted by molar-refractivity contribution is -0.140. The maximum absolute atomic E-state index is 14.0. The molecule has 1 aromatic rings. The molecule has 2 atom stereocenters. The average molecular weight is 489 g/mol. The summed E-state index contributed by atoms with van der Waals surface area (Å²) in [6.45, 7) is 15.4. The van der Waals surface area contributed by atoms with Crippen LogP contribution in [-0.2, 0) is 14.9 Å². The zero-order chi connectivity index (χ0) is 25.6. The Morgan fingerprint density at radius 2 is 2.03 bits per heavy atom. The van der Waals surface area contributed by atoms with Crippen molar-refractivity contribution in [1.82, 2.24) is 25.1 Å². The average Bonchev–Trinajstić information content (AvgIpc) is 2.78. The molecular weight excluding hydrogens is 444 g/mol. The number of piperidine rings is 1. The van der Waals surface area contributed by atoms with Gasteiger partial charge < -0.3 is 25.2 Å². The monoisotopic (exact) mass is 488 g/mol. The van der Waals surface area contributed by atoms with Crippen molar-refractivity contribution in [3.05, 3.63) is 17.6 Å². The molecule has 3 rings (SSSR count). The van der Waals surface area contributed by atoms with E-state index in [1.165, 1.54) is 0 Å². The topological polar surface area (TPSA) is 99.7 Å². The second kappa shape index (κ2) is 12.1. The van der Waals surface area contributed by atoms with Crippen molar-refractivity contribution in [2.45, 2.75) is 65.3 Å².